The van der Waals surface area contributed by atoms with Crippen LogP contribution in [0.4, 0.5) is 0 Å². The molecule has 27 nitrogen and oxygen atoms in total. The molecule has 16 N–H and O–H groups in total. The van der Waals surface area contributed by atoms with Gasteiger partial charge >= 0.3 is 5.97 Å². The summed E-state index contributed by atoms with van der Waals surface area (Å²) in [7, 11) is 0. The molecule has 3 amide bonds. The lowest BCUT2D eigenvalue weighted by molar-refractivity contribution is -0.360. The Hall–Kier alpha value is -2.88. The molecule has 0 spiro atoms. The van der Waals surface area contributed by atoms with E-state index in [0.717, 1.165) is 20.8 Å². The van der Waals surface area contributed by atoms with Gasteiger partial charge in [0.1, 0.15) is 91.4 Å². The molecular formula is C33H55N3O24. The molecule has 4 fully saturated rings. The molecule has 21 atom stereocenters. The minimum Gasteiger partial charge on any atom is -0.477 e. The predicted octanol–water partition coefficient (Wildman–Crippen LogP) is -10.1. The van der Waals surface area contributed by atoms with E-state index in [0.29, 0.717) is 0 Å². The van der Waals surface area contributed by atoms with Crippen LogP contribution < -0.4 is 16.0 Å². The van der Waals surface area contributed by atoms with Gasteiger partial charge in [0.25, 0.3) is 5.79 Å². The molecule has 60 heavy (non-hydrogen) atoms. The van der Waals surface area contributed by atoms with Crippen molar-refractivity contribution in [1.82, 2.24) is 16.0 Å². The van der Waals surface area contributed by atoms with Crippen LogP contribution in [0.15, 0.2) is 0 Å². The molecule has 4 aliphatic rings. The number of hydrogen-bond acceptors (Lipinski definition) is 23. The lowest BCUT2D eigenvalue weighted by atomic mass is 9.88. The minimum absolute atomic E-state index is 0.760. The Balaban J connectivity index is 1.66. The Morgan fingerprint density at radius 1 is 0.667 bits per heavy atom. The van der Waals surface area contributed by atoms with Gasteiger partial charge in [0, 0.05) is 27.2 Å². The fourth-order valence-corrected chi connectivity index (χ4v) is 7.34. The molecule has 0 aromatic rings. The highest BCUT2D eigenvalue weighted by Crippen LogP contribution is 2.36. The van der Waals surface area contributed by atoms with Gasteiger partial charge in [-0.25, -0.2) is 4.79 Å². The average molecular weight is 878 g/mol. The van der Waals surface area contributed by atoms with Crippen LogP contribution >= 0.6 is 0 Å². The largest absolute Gasteiger partial charge is 0.477 e. The monoisotopic (exact) mass is 877 g/mol. The van der Waals surface area contributed by atoms with Crippen LogP contribution in [-0.4, -0.2) is 245 Å². The third-order valence-corrected chi connectivity index (χ3v) is 10.4. The number of aliphatic hydroxyl groups is 12. The van der Waals surface area contributed by atoms with Crippen molar-refractivity contribution in [3.63, 3.8) is 0 Å². The summed E-state index contributed by atoms with van der Waals surface area (Å²) in [6, 6.07) is -4.96. The quantitative estimate of drug-likeness (QED) is 0.0684. The number of carbonyl (C=O) groups is 4. The van der Waals surface area contributed by atoms with Gasteiger partial charge in [0.15, 0.2) is 18.9 Å². The number of carbonyl (C=O) groups excluding carboxylic acids is 3. The Morgan fingerprint density at radius 3 is 1.72 bits per heavy atom. The summed E-state index contributed by atoms with van der Waals surface area (Å²) in [6.45, 7) is -0.889. The average Bonchev–Trinajstić information content (AvgIpc) is 3.18. The first kappa shape index (κ1) is 49.8. The van der Waals surface area contributed by atoms with Crippen LogP contribution in [0.5, 0.6) is 0 Å². The second kappa shape index (κ2) is 21.0. The van der Waals surface area contributed by atoms with Crippen LogP contribution in [-0.2, 0) is 52.3 Å². The van der Waals surface area contributed by atoms with Gasteiger partial charge in [-0.3, -0.25) is 14.4 Å². The summed E-state index contributed by atoms with van der Waals surface area (Å²) < 4.78 is 39.6. The summed E-state index contributed by atoms with van der Waals surface area (Å²) in [5.74, 6) is -7.26. The van der Waals surface area contributed by atoms with Gasteiger partial charge < -0.3 is 115 Å². The van der Waals surface area contributed by atoms with Gasteiger partial charge in [-0.05, 0) is 0 Å². The second-order valence-corrected chi connectivity index (χ2v) is 14.8. The Bertz CT molecular complexity index is 1470. The van der Waals surface area contributed by atoms with Crippen LogP contribution in [0.1, 0.15) is 27.2 Å². The molecule has 346 valence electrons. The molecule has 0 radical (unpaired) electrons. The van der Waals surface area contributed by atoms with Crippen molar-refractivity contribution in [2.24, 2.45) is 0 Å². The van der Waals surface area contributed by atoms with E-state index in [1.165, 1.54) is 0 Å². The van der Waals surface area contributed by atoms with E-state index in [9.17, 15) is 85.6 Å². The zero-order chi connectivity index (χ0) is 45.0. The molecule has 27 heteroatoms. The van der Waals surface area contributed by atoms with E-state index >= 15 is 0 Å². The topological polar surface area (TPSA) is 432 Å². The first-order valence-electron chi connectivity index (χ1n) is 18.7. The van der Waals surface area contributed by atoms with Crippen molar-refractivity contribution in [3.8, 4) is 0 Å². The molecule has 0 aromatic heterocycles. The fourth-order valence-electron chi connectivity index (χ4n) is 7.34. The number of carboxylic acid groups (broad SMARTS) is 1. The van der Waals surface area contributed by atoms with Crippen molar-refractivity contribution in [1.29, 1.82) is 0 Å². The number of hydrogen-bond donors (Lipinski definition) is 16. The van der Waals surface area contributed by atoms with Crippen LogP contribution in [0, 0.1) is 0 Å². The van der Waals surface area contributed by atoms with Crippen molar-refractivity contribution in [2.75, 3.05) is 26.4 Å². The number of rotatable bonds is 16. The fraction of sp³-hybridized carbons (Fsp3) is 0.879. The Morgan fingerprint density at radius 2 is 1.17 bits per heavy atom. The molecule has 0 saturated carbocycles. The van der Waals surface area contributed by atoms with E-state index in [4.69, 9.17) is 33.2 Å². The third-order valence-electron chi connectivity index (χ3n) is 10.4. The molecule has 4 saturated heterocycles. The van der Waals surface area contributed by atoms with Crippen molar-refractivity contribution in [3.05, 3.63) is 0 Å². The highest BCUT2D eigenvalue weighted by atomic mass is 16.8. The number of aliphatic carboxylic acids is 1. The Kier molecular flexibility index (Phi) is 17.4. The number of aliphatic hydroxyl groups excluding tert-OH is 12. The van der Waals surface area contributed by atoms with Gasteiger partial charge in [-0.15, -0.1) is 0 Å². The van der Waals surface area contributed by atoms with Crippen LogP contribution in [0.2, 0.25) is 0 Å². The molecule has 0 aliphatic carbocycles. The number of amides is 3. The highest BCUT2D eigenvalue weighted by molar-refractivity contribution is 5.77. The van der Waals surface area contributed by atoms with Gasteiger partial charge in [0.2, 0.25) is 17.7 Å². The normalized spacial score (nSPS) is 43.3. The highest BCUT2D eigenvalue weighted by Gasteiger charge is 2.58. The maximum atomic E-state index is 12.7. The molecule has 4 rings (SSSR count). The zero-order valence-electron chi connectivity index (χ0n) is 32.4. The lowest BCUT2D eigenvalue weighted by Gasteiger charge is -2.50. The zero-order valence-corrected chi connectivity index (χ0v) is 32.4. The third kappa shape index (κ3) is 11.0. The van der Waals surface area contributed by atoms with E-state index in [-0.39, 0.29) is 0 Å². The van der Waals surface area contributed by atoms with Gasteiger partial charge in [-0.1, -0.05) is 0 Å². The van der Waals surface area contributed by atoms with Gasteiger partial charge in [0.05, 0.1) is 38.6 Å². The Labute approximate surface area is 340 Å². The summed E-state index contributed by atoms with van der Waals surface area (Å²) in [5, 5.41) is 143. The summed E-state index contributed by atoms with van der Waals surface area (Å²) in [5.41, 5.74) is 0. The number of carboxylic acids is 1. The standard InChI is InChI=1S/C33H55N3O24/c1-9(40)34-17-12(43)4-33(32(52)53,60-28(17)20(45)13(44)5-37)54-8-16-23(48)26(18(29(51)55-16)35-10(2)41)58-30-19(36-11(3)42)27(22(47)15(7-39)56-30)59-31-25(50)24(49)21(46)14(6-38)57-31/h12-31,37-39,43-51H,4-8H2,1-3H3,(H,34,40)(H,35,41)(H,36,42)(H,52,53)/t12-,13+,14+,15+,16+,17+,18+,19+,20+,21-,22+,23-,24-,25+,26+,27+,28+,29?,30?,31-,33+/m0/s1. The van der Waals surface area contributed by atoms with E-state index in [1.54, 1.807) is 0 Å². The van der Waals surface area contributed by atoms with Crippen molar-refractivity contribution >= 4 is 23.7 Å². The van der Waals surface area contributed by atoms with Crippen LogP contribution in [0.3, 0.4) is 0 Å². The summed E-state index contributed by atoms with van der Waals surface area (Å²) >= 11 is 0. The van der Waals surface area contributed by atoms with Crippen molar-refractivity contribution in [2.45, 2.75) is 155 Å². The maximum Gasteiger partial charge on any atom is 0.364 e. The summed E-state index contributed by atoms with van der Waals surface area (Å²) in [6.07, 6.45) is -33.2. The molecule has 0 bridgehead atoms. The van der Waals surface area contributed by atoms with Crippen molar-refractivity contribution < 1.29 is 119 Å². The first-order chi connectivity index (χ1) is 28.1. The minimum atomic E-state index is -2.93. The molecule has 2 unspecified atom stereocenters. The second-order valence-electron chi connectivity index (χ2n) is 14.8. The molecule has 4 heterocycles. The smallest absolute Gasteiger partial charge is 0.364 e. The van der Waals surface area contributed by atoms with E-state index in [2.05, 4.69) is 16.0 Å². The van der Waals surface area contributed by atoms with Crippen LogP contribution in [0.25, 0.3) is 0 Å². The number of ether oxygens (including phenoxy) is 7. The maximum absolute atomic E-state index is 12.7. The molecule has 0 aromatic carbocycles. The van der Waals surface area contributed by atoms with E-state index < -0.39 is 185 Å². The SMILES string of the molecule is CC(=O)N[C@H]1[C@H]([C@H](O)[C@H](O)CO)O[C@@](OC[C@H]2OC(O)[C@H](NC(C)=O)[C@@H](OC3O[C@H](CO)[C@@H](O)[C@H](O[C@@H]4O[C@H](CO)[C@H](O)[C@H](O)[C@H]4O)[C@H]3NC(C)=O)[C@H]2O)(C(=O)O)C[C@@H]1O. The predicted molar refractivity (Wildman–Crippen MR) is 186 cm³/mol. The lowest BCUT2D eigenvalue weighted by Crippen LogP contribution is -2.71. The van der Waals surface area contributed by atoms with E-state index in [1.807, 2.05) is 0 Å². The summed E-state index contributed by atoms with van der Waals surface area (Å²) in [4.78, 5) is 49.4. The first-order valence-corrected chi connectivity index (χ1v) is 18.7. The molecular weight excluding hydrogens is 822 g/mol. The van der Waals surface area contributed by atoms with Gasteiger partial charge in [-0.2, -0.15) is 0 Å². The number of nitrogens with one attached hydrogen (secondary N) is 3. The molecule has 4 aliphatic heterocycles.